The molecule has 0 fully saturated rings. The number of ether oxygens (including phenoxy) is 6. The van der Waals surface area contributed by atoms with E-state index in [1.54, 1.807) is 20.8 Å². The van der Waals surface area contributed by atoms with E-state index < -0.39 is 29.9 Å². The van der Waals surface area contributed by atoms with E-state index in [4.69, 9.17) is 28.4 Å². The van der Waals surface area contributed by atoms with Gasteiger partial charge < -0.3 is 33.5 Å². The van der Waals surface area contributed by atoms with Crippen LogP contribution in [0, 0.1) is 5.41 Å². The lowest BCUT2D eigenvalue weighted by atomic mass is 9.92. The van der Waals surface area contributed by atoms with Crippen molar-refractivity contribution in [1.82, 2.24) is 0 Å². The lowest BCUT2D eigenvalue weighted by Crippen LogP contribution is -2.41. The molecule has 0 aromatic rings. The van der Waals surface area contributed by atoms with Crippen molar-refractivity contribution in [2.24, 2.45) is 5.41 Å². The maximum atomic E-state index is 11.7. The van der Waals surface area contributed by atoms with Crippen molar-refractivity contribution in [3.63, 3.8) is 0 Å². The lowest BCUT2D eigenvalue weighted by Gasteiger charge is -2.31. The van der Waals surface area contributed by atoms with Crippen LogP contribution in [-0.2, 0) is 42.8 Å². The summed E-state index contributed by atoms with van der Waals surface area (Å²) >= 11 is 0. The zero-order chi connectivity index (χ0) is 25.3. The molecule has 0 radical (unpaired) electrons. The van der Waals surface area contributed by atoms with Crippen molar-refractivity contribution in [3.05, 3.63) is 36.5 Å². The number of carbonyl (C=O) groups is 3. The Morgan fingerprint density at radius 3 is 1.12 bits per heavy atom. The molecule has 0 bridgehead atoms. The molecule has 188 valence electrons. The third kappa shape index (κ3) is 12.3. The van der Waals surface area contributed by atoms with Crippen molar-refractivity contribution >= 4 is 17.9 Å². The summed E-state index contributed by atoms with van der Waals surface area (Å²) in [5, 5.41) is 10.1. The Balaban J connectivity index is 5.04. The lowest BCUT2D eigenvalue weighted by molar-refractivity contribution is -0.140. The van der Waals surface area contributed by atoms with Crippen LogP contribution in [-0.4, -0.2) is 89.1 Å². The molecule has 0 atom stereocenters. The van der Waals surface area contributed by atoms with Gasteiger partial charge in [0, 0.05) is 0 Å². The molecular weight excluding hydrogens is 436 g/mol. The fraction of sp³-hybridized carbons (Fsp3) is 0.609. The van der Waals surface area contributed by atoms with Crippen molar-refractivity contribution < 1.29 is 47.9 Å². The van der Waals surface area contributed by atoms with Crippen LogP contribution in [0.5, 0.6) is 0 Å². The largest absolute Gasteiger partial charge is 0.463 e. The van der Waals surface area contributed by atoms with E-state index >= 15 is 0 Å². The third-order valence-electron chi connectivity index (χ3n) is 4.08. The predicted molar refractivity (Wildman–Crippen MR) is 119 cm³/mol. The number of rotatable bonds is 19. The molecule has 0 heterocycles. The number of carbonyl (C=O) groups excluding carboxylic acids is 3. The second-order valence-corrected chi connectivity index (χ2v) is 7.11. The first-order valence-corrected chi connectivity index (χ1v) is 10.5. The third-order valence-corrected chi connectivity index (χ3v) is 4.08. The van der Waals surface area contributed by atoms with Gasteiger partial charge in [-0.2, -0.15) is 0 Å². The summed E-state index contributed by atoms with van der Waals surface area (Å²) < 4.78 is 31.2. The average molecular weight is 473 g/mol. The van der Waals surface area contributed by atoms with Crippen LogP contribution in [0.2, 0.25) is 0 Å². The van der Waals surface area contributed by atoms with Crippen molar-refractivity contribution in [2.75, 3.05) is 66.1 Å². The summed E-state index contributed by atoms with van der Waals surface area (Å²) in [6, 6.07) is 0. The van der Waals surface area contributed by atoms with Crippen molar-refractivity contribution in [2.45, 2.75) is 20.8 Å². The maximum Gasteiger partial charge on any atom is 0.335 e. The van der Waals surface area contributed by atoms with E-state index in [1.165, 1.54) is 0 Å². The van der Waals surface area contributed by atoms with Gasteiger partial charge in [-0.1, -0.05) is 19.7 Å². The Hall–Kier alpha value is -2.53. The highest BCUT2D eigenvalue weighted by atomic mass is 16.5. The maximum absolute atomic E-state index is 11.7. The first-order chi connectivity index (χ1) is 15.7. The fourth-order valence-electron chi connectivity index (χ4n) is 2.31. The SMILES string of the molecule is C=C(COCC(CO)(COCC(=C)C(=O)OCC)COCC(=C)C(=O)OCC)C(=O)OCC. The summed E-state index contributed by atoms with van der Waals surface area (Å²) in [6.45, 7) is 15.4. The van der Waals surface area contributed by atoms with Gasteiger partial charge >= 0.3 is 17.9 Å². The van der Waals surface area contributed by atoms with Gasteiger partial charge in [0.2, 0.25) is 0 Å². The van der Waals surface area contributed by atoms with Crippen LogP contribution in [0.15, 0.2) is 36.5 Å². The van der Waals surface area contributed by atoms with E-state index in [1.807, 2.05) is 0 Å². The smallest absolute Gasteiger partial charge is 0.335 e. The van der Waals surface area contributed by atoms with Crippen LogP contribution < -0.4 is 0 Å². The molecule has 10 nitrogen and oxygen atoms in total. The molecule has 0 saturated heterocycles. The van der Waals surface area contributed by atoms with Crippen LogP contribution in [0.25, 0.3) is 0 Å². The first-order valence-electron chi connectivity index (χ1n) is 10.5. The van der Waals surface area contributed by atoms with E-state index in [0.29, 0.717) is 0 Å². The number of esters is 3. The Bertz CT molecular complexity index is 594. The summed E-state index contributed by atoms with van der Waals surface area (Å²) in [5.41, 5.74) is -0.760. The molecule has 0 unspecified atom stereocenters. The summed E-state index contributed by atoms with van der Waals surface area (Å²) in [5.74, 6) is -1.76. The average Bonchev–Trinajstić information content (AvgIpc) is 2.78. The quantitative estimate of drug-likeness (QED) is 0.167. The number of hydrogen-bond acceptors (Lipinski definition) is 10. The highest BCUT2D eigenvalue weighted by molar-refractivity contribution is 5.88. The first kappa shape index (κ1) is 30.5. The van der Waals surface area contributed by atoms with Gasteiger partial charge in [-0.05, 0) is 20.8 Å². The molecule has 33 heavy (non-hydrogen) atoms. The van der Waals surface area contributed by atoms with Gasteiger partial charge in [0.25, 0.3) is 0 Å². The molecule has 0 aliphatic rings. The van der Waals surface area contributed by atoms with Crippen LogP contribution >= 0.6 is 0 Å². The number of hydrogen-bond donors (Lipinski definition) is 1. The summed E-state index contributed by atoms with van der Waals surface area (Å²) in [7, 11) is 0. The molecule has 0 aliphatic carbocycles. The molecule has 0 aliphatic heterocycles. The Labute approximate surface area is 195 Å². The zero-order valence-electron chi connectivity index (χ0n) is 19.8. The minimum atomic E-state index is -1.08. The second-order valence-electron chi connectivity index (χ2n) is 7.11. The Morgan fingerprint density at radius 1 is 0.636 bits per heavy atom. The molecule has 0 amide bonds. The molecule has 0 aromatic heterocycles. The summed E-state index contributed by atoms with van der Waals surface area (Å²) in [6.07, 6.45) is 0. The summed E-state index contributed by atoms with van der Waals surface area (Å²) in [4.78, 5) is 35.1. The van der Waals surface area contributed by atoms with E-state index in [2.05, 4.69) is 19.7 Å². The molecule has 0 saturated carbocycles. The van der Waals surface area contributed by atoms with Gasteiger partial charge in [0.15, 0.2) is 0 Å². The highest BCUT2D eigenvalue weighted by Gasteiger charge is 2.32. The molecule has 1 N–H and O–H groups in total. The molecule has 10 heteroatoms. The van der Waals surface area contributed by atoms with Crippen LogP contribution in [0.4, 0.5) is 0 Å². The predicted octanol–water partition coefficient (Wildman–Crippen LogP) is 1.37. The molecular formula is C23H36O10. The normalized spacial score (nSPS) is 10.9. The van der Waals surface area contributed by atoms with E-state index in [-0.39, 0.29) is 76.2 Å². The zero-order valence-corrected chi connectivity index (χ0v) is 19.8. The Morgan fingerprint density at radius 2 is 0.909 bits per heavy atom. The molecule has 0 aromatic carbocycles. The standard InChI is InChI=1S/C23H36O10/c1-7-31-20(25)17(4)10-28-14-23(13-24,15-29-11-18(5)21(26)32-8-2)16-30-12-19(6)22(27)33-9-3/h24H,4-16H2,1-3H3. The van der Waals surface area contributed by atoms with Crippen molar-refractivity contribution in [3.8, 4) is 0 Å². The van der Waals surface area contributed by atoms with E-state index in [9.17, 15) is 19.5 Å². The van der Waals surface area contributed by atoms with Gasteiger partial charge in [-0.25, -0.2) is 14.4 Å². The minimum Gasteiger partial charge on any atom is -0.463 e. The topological polar surface area (TPSA) is 127 Å². The number of aliphatic hydroxyl groups excluding tert-OH is 1. The van der Waals surface area contributed by atoms with Gasteiger partial charge in [-0.15, -0.1) is 0 Å². The monoisotopic (exact) mass is 472 g/mol. The minimum absolute atomic E-state index is 0.0836. The fourth-order valence-corrected chi connectivity index (χ4v) is 2.31. The number of aliphatic hydroxyl groups is 1. The van der Waals surface area contributed by atoms with Crippen LogP contribution in [0.3, 0.4) is 0 Å². The molecule has 0 spiro atoms. The van der Waals surface area contributed by atoms with Crippen LogP contribution in [0.1, 0.15) is 20.8 Å². The van der Waals surface area contributed by atoms with Crippen molar-refractivity contribution in [1.29, 1.82) is 0 Å². The Kier molecular flexibility index (Phi) is 15.7. The molecule has 0 rings (SSSR count). The van der Waals surface area contributed by atoms with E-state index in [0.717, 1.165) is 0 Å². The van der Waals surface area contributed by atoms with Gasteiger partial charge in [0.1, 0.15) is 0 Å². The highest BCUT2D eigenvalue weighted by Crippen LogP contribution is 2.20. The van der Waals surface area contributed by atoms with Gasteiger partial charge in [0.05, 0.1) is 88.2 Å². The van der Waals surface area contributed by atoms with Gasteiger partial charge in [-0.3, -0.25) is 0 Å². The second kappa shape index (κ2) is 17.0.